The highest BCUT2D eigenvalue weighted by Crippen LogP contribution is 2.21. The third-order valence-corrected chi connectivity index (χ3v) is 2.50. The molecule has 0 amide bonds. The topological polar surface area (TPSA) is 62.6 Å². The zero-order valence-corrected chi connectivity index (χ0v) is 9.86. The van der Waals surface area contributed by atoms with Crippen molar-refractivity contribution in [2.45, 2.75) is 6.10 Å². The number of benzene rings is 1. The first kappa shape index (κ1) is 12.5. The molecule has 0 radical (unpaired) electrons. The average molecular weight is 245 g/mol. The first-order valence-electron chi connectivity index (χ1n) is 5.72. The van der Waals surface area contributed by atoms with E-state index in [0.717, 1.165) is 11.1 Å². The largest absolute Gasteiger partial charge is 0.491 e. The lowest BCUT2D eigenvalue weighted by Gasteiger charge is -2.10. The Balaban J connectivity index is 2.02. The second-order valence-electron chi connectivity index (χ2n) is 3.91. The van der Waals surface area contributed by atoms with Gasteiger partial charge in [0.05, 0.1) is 6.61 Å². The van der Waals surface area contributed by atoms with Gasteiger partial charge in [0.1, 0.15) is 18.5 Å². The Labute approximate surface area is 106 Å². The van der Waals surface area contributed by atoms with Gasteiger partial charge in [0.15, 0.2) is 0 Å². The van der Waals surface area contributed by atoms with E-state index in [-0.39, 0.29) is 13.2 Å². The van der Waals surface area contributed by atoms with Crippen molar-refractivity contribution in [2.75, 3.05) is 13.2 Å². The van der Waals surface area contributed by atoms with Gasteiger partial charge in [-0.15, -0.1) is 0 Å². The third kappa shape index (κ3) is 3.29. The summed E-state index contributed by atoms with van der Waals surface area (Å²) in [7, 11) is 0. The molecule has 18 heavy (non-hydrogen) atoms. The second-order valence-corrected chi connectivity index (χ2v) is 3.91. The van der Waals surface area contributed by atoms with Gasteiger partial charge in [-0.05, 0) is 29.3 Å². The summed E-state index contributed by atoms with van der Waals surface area (Å²) in [6, 6.07) is 11.4. The monoisotopic (exact) mass is 245 g/mol. The van der Waals surface area contributed by atoms with Crippen LogP contribution in [0.1, 0.15) is 0 Å². The van der Waals surface area contributed by atoms with E-state index in [2.05, 4.69) is 4.98 Å². The van der Waals surface area contributed by atoms with Gasteiger partial charge in [0, 0.05) is 12.4 Å². The highest BCUT2D eigenvalue weighted by atomic mass is 16.5. The molecule has 1 aromatic heterocycles. The summed E-state index contributed by atoms with van der Waals surface area (Å²) in [5.74, 6) is 0.662. The van der Waals surface area contributed by atoms with Gasteiger partial charge in [-0.1, -0.05) is 18.2 Å². The Morgan fingerprint density at radius 2 is 1.89 bits per heavy atom. The normalized spacial score (nSPS) is 12.1. The molecule has 0 aliphatic carbocycles. The molecule has 1 aromatic carbocycles. The van der Waals surface area contributed by atoms with Crippen molar-refractivity contribution in [3.63, 3.8) is 0 Å². The standard InChI is InChI=1S/C14H15NO3/c16-9-13(17)10-18-14-5-3-11(4-6-14)12-2-1-7-15-8-12/h1-8,13,16-17H,9-10H2. The molecule has 0 aliphatic rings. The molecule has 2 N–H and O–H groups in total. The van der Waals surface area contributed by atoms with E-state index < -0.39 is 6.10 Å². The molecule has 4 nitrogen and oxygen atoms in total. The number of pyridine rings is 1. The van der Waals surface area contributed by atoms with Gasteiger partial charge in [0.25, 0.3) is 0 Å². The molecule has 2 rings (SSSR count). The maximum Gasteiger partial charge on any atom is 0.119 e. The van der Waals surface area contributed by atoms with Crippen molar-refractivity contribution in [1.29, 1.82) is 0 Å². The molecule has 2 aromatic rings. The summed E-state index contributed by atoms with van der Waals surface area (Å²) in [6.07, 6.45) is 2.69. The SMILES string of the molecule is OCC(O)COc1ccc(-c2cccnc2)cc1. The highest BCUT2D eigenvalue weighted by molar-refractivity contribution is 5.62. The van der Waals surface area contributed by atoms with Crippen molar-refractivity contribution in [2.24, 2.45) is 0 Å². The fraction of sp³-hybridized carbons (Fsp3) is 0.214. The van der Waals surface area contributed by atoms with Gasteiger partial charge in [0.2, 0.25) is 0 Å². The minimum Gasteiger partial charge on any atom is -0.491 e. The Morgan fingerprint density at radius 3 is 2.50 bits per heavy atom. The van der Waals surface area contributed by atoms with Crippen molar-refractivity contribution in [1.82, 2.24) is 4.98 Å². The molecule has 0 bridgehead atoms. The molecule has 1 heterocycles. The summed E-state index contributed by atoms with van der Waals surface area (Å²) >= 11 is 0. The van der Waals surface area contributed by atoms with E-state index in [0.29, 0.717) is 5.75 Å². The fourth-order valence-electron chi connectivity index (χ4n) is 1.52. The number of hydrogen-bond donors (Lipinski definition) is 2. The van der Waals surface area contributed by atoms with Crippen LogP contribution in [-0.4, -0.2) is 34.5 Å². The zero-order chi connectivity index (χ0) is 12.8. The second kappa shape index (κ2) is 6.14. The quantitative estimate of drug-likeness (QED) is 0.837. The smallest absolute Gasteiger partial charge is 0.119 e. The molecule has 0 aliphatic heterocycles. The summed E-state index contributed by atoms with van der Waals surface area (Å²) < 4.78 is 5.32. The van der Waals surface area contributed by atoms with Gasteiger partial charge in [-0.2, -0.15) is 0 Å². The number of aliphatic hydroxyl groups excluding tert-OH is 2. The Kier molecular flexibility index (Phi) is 4.28. The predicted octanol–water partition coefficient (Wildman–Crippen LogP) is 1.48. The van der Waals surface area contributed by atoms with E-state index in [4.69, 9.17) is 14.9 Å². The first-order valence-corrected chi connectivity index (χ1v) is 5.72. The molecule has 4 heteroatoms. The molecular weight excluding hydrogens is 230 g/mol. The van der Waals surface area contributed by atoms with Crippen LogP contribution < -0.4 is 4.74 Å². The van der Waals surface area contributed by atoms with Crippen molar-refractivity contribution in [3.05, 3.63) is 48.8 Å². The van der Waals surface area contributed by atoms with Crippen LogP contribution in [0.15, 0.2) is 48.8 Å². The Morgan fingerprint density at radius 1 is 1.11 bits per heavy atom. The Hall–Kier alpha value is -1.91. The predicted molar refractivity (Wildman–Crippen MR) is 68.3 cm³/mol. The van der Waals surface area contributed by atoms with Crippen LogP contribution in [0.3, 0.4) is 0 Å². The summed E-state index contributed by atoms with van der Waals surface area (Å²) in [5, 5.41) is 17.8. The average Bonchev–Trinajstić information content (AvgIpc) is 2.46. The molecular formula is C14H15NO3. The molecule has 0 saturated carbocycles. The lowest BCUT2D eigenvalue weighted by Crippen LogP contribution is -2.21. The van der Waals surface area contributed by atoms with E-state index in [9.17, 15) is 0 Å². The van der Waals surface area contributed by atoms with Crippen LogP contribution in [-0.2, 0) is 0 Å². The minimum atomic E-state index is -0.844. The van der Waals surface area contributed by atoms with Crippen molar-refractivity contribution >= 4 is 0 Å². The minimum absolute atomic E-state index is 0.0861. The molecule has 1 unspecified atom stereocenters. The number of ether oxygens (including phenoxy) is 1. The van der Waals surface area contributed by atoms with Gasteiger partial charge in [-0.25, -0.2) is 0 Å². The Bertz CT molecular complexity index is 470. The number of aliphatic hydroxyl groups is 2. The van der Waals surface area contributed by atoms with E-state index in [1.165, 1.54) is 0 Å². The van der Waals surface area contributed by atoms with E-state index in [1.807, 2.05) is 36.4 Å². The number of rotatable bonds is 5. The van der Waals surface area contributed by atoms with Gasteiger partial charge >= 0.3 is 0 Å². The van der Waals surface area contributed by atoms with Crippen LogP contribution in [0.4, 0.5) is 0 Å². The van der Waals surface area contributed by atoms with Crippen LogP contribution in [0.25, 0.3) is 11.1 Å². The van der Waals surface area contributed by atoms with Gasteiger partial charge in [-0.3, -0.25) is 4.98 Å². The van der Waals surface area contributed by atoms with E-state index in [1.54, 1.807) is 12.4 Å². The van der Waals surface area contributed by atoms with Gasteiger partial charge < -0.3 is 14.9 Å². The highest BCUT2D eigenvalue weighted by Gasteiger charge is 2.03. The van der Waals surface area contributed by atoms with Crippen LogP contribution >= 0.6 is 0 Å². The number of aromatic nitrogens is 1. The van der Waals surface area contributed by atoms with Crippen molar-refractivity contribution in [3.8, 4) is 16.9 Å². The first-order chi connectivity index (χ1) is 8.79. The van der Waals surface area contributed by atoms with Crippen LogP contribution in [0.2, 0.25) is 0 Å². The molecule has 0 spiro atoms. The molecule has 0 fully saturated rings. The zero-order valence-electron chi connectivity index (χ0n) is 9.86. The summed E-state index contributed by atoms with van der Waals surface area (Å²) in [6.45, 7) is -0.212. The van der Waals surface area contributed by atoms with Crippen LogP contribution in [0.5, 0.6) is 5.75 Å². The van der Waals surface area contributed by atoms with E-state index >= 15 is 0 Å². The molecule has 1 atom stereocenters. The number of nitrogens with zero attached hydrogens (tertiary/aromatic N) is 1. The summed E-state index contributed by atoms with van der Waals surface area (Å²) in [4.78, 5) is 4.06. The third-order valence-electron chi connectivity index (χ3n) is 2.50. The fourth-order valence-corrected chi connectivity index (χ4v) is 1.52. The lowest BCUT2D eigenvalue weighted by molar-refractivity contribution is 0.0536. The molecule has 94 valence electrons. The molecule has 0 saturated heterocycles. The van der Waals surface area contributed by atoms with Crippen LogP contribution in [0, 0.1) is 0 Å². The lowest BCUT2D eigenvalue weighted by atomic mass is 10.1. The number of hydrogen-bond acceptors (Lipinski definition) is 4. The maximum absolute atomic E-state index is 9.17. The van der Waals surface area contributed by atoms with Crippen molar-refractivity contribution < 1.29 is 14.9 Å². The summed E-state index contributed by atoms with van der Waals surface area (Å²) in [5.41, 5.74) is 2.09. The maximum atomic E-state index is 9.17.